The van der Waals surface area contributed by atoms with Gasteiger partial charge in [-0.15, -0.1) is 0 Å². The zero-order valence-electron chi connectivity index (χ0n) is 5.87. The first-order chi connectivity index (χ1) is 5.71. The Balaban J connectivity index is 0. The average molecular weight is 380 g/mol. The number of hydrogen-bond acceptors (Lipinski definition) is 7. The van der Waals surface area contributed by atoms with Gasteiger partial charge in [-0.05, 0) is 0 Å². The van der Waals surface area contributed by atoms with Gasteiger partial charge in [-0.1, -0.05) is 0 Å². The van der Waals surface area contributed by atoms with Crippen molar-refractivity contribution in [2.24, 2.45) is 0 Å². The number of rotatable bonds is 2. The van der Waals surface area contributed by atoms with Crippen molar-refractivity contribution in [2.45, 2.75) is 0 Å². The molecule has 14 heteroatoms. The maximum absolute atomic E-state index is 9.53. The van der Waals surface area contributed by atoms with Crippen molar-refractivity contribution in [3.63, 3.8) is 0 Å². The van der Waals surface area contributed by atoms with Crippen LogP contribution in [0.2, 0.25) is 0 Å². The zero-order valence-corrected chi connectivity index (χ0v) is 10.4. The summed E-state index contributed by atoms with van der Waals surface area (Å²) in [6.45, 7) is 0. The van der Waals surface area contributed by atoms with Gasteiger partial charge in [0, 0.05) is 0 Å². The molecule has 0 rings (SSSR count). The topological polar surface area (TPSA) is 193 Å². The Bertz CT molecular complexity index is 405. The Morgan fingerprint density at radius 2 is 1.00 bits per heavy atom. The van der Waals surface area contributed by atoms with Crippen LogP contribution in [0.25, 0.3) is 0 Å². The molecule has 0 saturated carbocycles. The molecule has 0 fully saturated rings. The summed E-state index contributed by atoms with van der Waals surface area (Å²) in [4.78, 5) is 0. The quantitative estimate of drug-likeness (QED) is 0.356. The summed E-state index contributed by atoms with van der Waals surface area (Å²) in [7, 11) is 0. The summed E-state index contributed by atoms with van der Waals surface area (Å²) in [5.41, 5.74) is 0. The molecule has 0 unspecified atom stereocenters. The molecule has 0 spiro atoms. The van der Waals surface area contributed by atoms with E-state index in [1.165, 1.54) is 0 Å². The molecular formula is H4Cr2MoO11. The predicted octanol–water partition coefficient (Wildman–Crippen LogP) is -3.02. The van der Waals surface area contributed by atoms with Crippen LogP contribution in [0.15, 0.2) is 0 Å². The Morgan fingerprint density at radius 3 is 1.00 bits per heavy atom. The van der Waals surface area contributed by atoms with Crippen LogP contribution in [0.5, 0.6) is 0 Å². The van der Waals surface area contributed by atoms with Crippen molar-refractivity contribution in [1.29, 1.82) is 0 Å². The first kappa shape index (κ1) is 16.8. The molecule has 0 amide bonds. The van der Waals surface area contributed by atoms with Crippen molar-refractivity contribution >= 4 is 0 Å². The molecular weight excluding hydrogens is 376 g/mol. The average Bonchev–Trinajstić information content (AvgIpc) is 1.42. The summed E-state index contributed by atoms with van der Waals surface area (Å²) in [6, 6.07) is 0. The molecule has 0 heterocycles. The second kappa shape index (κ2) is 5.44. The Labute approximate surface area is 84.4 Å². The molecule has 0 aromatic carbocycles. The van der Waals surface area contributed by atoms with Gasteiger partial charge in [0.05, 0.1) is 0 Å². The fourth-order valence-corrected chi connectivity index (χ4v) is 1.85. The summed E-state index contributed by atoms with van der Waals surface area (Å²) in [5, 5.41) is 0. The van der Waals surface area contributed by atoms with E-state index in [-0.39, 0.29) is 0 Å². The molecule has 0 aromatic heterocycles. The van der Waals surface area contributed by atoms with Gasteiger partial charge in [0.25, 0.3) is 0 Å². The molecule has 88 valence electrons. The fraction of sp³-hybridized carbons (Fsp3) is 0. The van der Waals surface area contributed by atoms with Crippen LogP contribution in [-0.4, -0.2) is 15.8 Å². The van der Waals surface area contributed by atoms with Crippen LogP contribution in [0.1, 0.15) is 0 Å². The monoisotopic (exact) mass is 382 g/mol. The van der Waals surface area contributed by atoms with E-state index in [4.69, 9.17) is 22.6 Å². The molecule has 0 aliphatic rings. The third kappa shape index (κ3) is 39.4. The summed E-state index contributed by atoms with van der Waals surface area (Å²) in [6.07, 6.45) is 0. The third-order valence-electron chi connectivity index (χ3n) is 0.172. The van der Waals surface area contributed by atoms with Gasteiger partial charge in [0.15, 0.2) is 0 Å². The SMILES string of the molecule is [O]=[Cr](=[O])([OH])[O][Cr](=[O])(=[O])[OH].[O]=[Mo](=[O])([OH])[OH]. The first-order valence-electron chi connectivity index (χ1n) is 2.06. The molecule has 0 saturated heterocycles. The predicted molar refractivity (Wildman–Crippen MR) is 14.1 cm³/mol. The molecule has 0 aromatic rings. The Kier molecular flexibility index (Phi) is 6.52. The van der Waals surface area contributed by atoms with Crippen LogP contribution in [-0.2, 0) is 68.8 Å². The fourth-order valence-electron chi connectivity index (χ4n) is 0.109. The van der Waals surface area contributed by atoms with Gasteiger partial charge < -0.3 is 0 Å². The molecule has 0 bridgehead atoms. The summed E-state index contributed by atoms with van der Waals surface area (Å²) >= 11 is -17.0. The Hall–Kier alpha value is 0.353. The minimum atomic E-state index is -5.76. The van der Waals surface area contributed by atoms with Gasteiger partial charge in [0.1, 0.15) is 0 Å². The van der Waals surface area contributed by atoms with Crippen molar-refractivity contribution in [1.82, 2.24) is 0 Å². The van der Waals surface area contributed by atoms with E-state index in [1.54, 1.807) is 0 Å². The van der Waals surface area contributed by atoms with E-state index in [0.29, 0.717) is 0 Å². The van der Waals surface area contributed by atoms with E-state index in [2.05, 4.69) is 2.84 Å². The van der Waals surface area contributed by atoms with Gasteiger partial charge in [-0.25, -0.2) is 0 Å². The standard InChI is InChI=1S/2Cr.Mo.4H2O.7O/h;;;4*1H2;;;;;;;/q2*+1;+2;;;;;;;;;;;/p-4. The second-order valence-corrected chi connectivity index (χ2v) is 7.33. The summed E-state index contributed by atoms with van der Waals surface area (Å²) in [5.74, 6) is 0. The molecule has 14 heavy (non-hydrogen) atoms. The normalized spacial score (nSPS) is 12.9. The zero-order chi connectivity index (χ0) is 12.2. The van der Waals surface area contributed by atoms with Gasteiger partial charge >= 0.3 is 84.7 Å². The van der Waals surface area contributed by atoms with Crippen LogP contribution in [0, 0.1) is 0 Å². The second-order valence-electron chi connectivity index (χ2n) is 1.37. The molecule has 0 radical (unpaired) electrons. The van der Waals surface area contributed by atoms with Crippen LogP contribution in [0.4, 0.5) is 0 Å². The van der Waals surface area contributed by atoms with Crippen LogP contribution in [0.3, 0.4) is 0 Å². The minimum absolute atomic E-state index is 2.83. The first-order valence-corrected chi connectivity index (χ1v) is 9.76. The number of hydrogen-bond donors (Lipinski definition) is 4. The maximum atomic E-state index is 9.53. The van der Waals surface area contributed by atoms with Crippen molar-refractivity contribution in [2.75, 3.05) is 0 Å². The van der Waals surface area contributed by atoms with E-state index in [9.17, 15) is 15.2 Å². The summed E-state index contributed by atoms with van der Waals surface area (Å²) < 4.78 is 88.3. The molecule has 11 nitrogen and oxygen atoms in total. The van der Waals surface area contributed by atoms with Crippen molar-refractivity contribution in [3.05, 3.63) is 0 Å². The van der Waals surface area contributed by atoms with E-state index >= 15 is 0 Å². The van der Waals surface area contributed by atoms with Gasteiger partial charge in [0.2, 0.25) is 0 Å². The van der Waals surface area contributed by atoms with E-state index < -0.39 is 44.0 Å². The molecule has 0 aliphatic carbocycles. The molecule has 4 N–H and O–H groups in total. The molecule has 0 atom stereocenters. The van der Waals surface area contributed by atoms with E-state index in [1.807, 2.05) is 0 Å². The van der Waals surface area contributed by atoms with Gasteiger partial charge in [-0.2, -0.15) is 0 Å². The Morgan fingerprint density at radius 1 is 0.857 bits per heavy atom. The molecule has 0 aliphatic heterocycles. The van der Waals surface area contributed by atoms with E-state index in [0.717, 1.165) is 0 Å². The van der Waals surface area contributed by atoms with Gasteiger partial charge in [-0.3, -0.25) is 0 Å². The van der Waals surface area contributed by atoms with Crippen molar-refractivity contribution in [3.8, 4) is 0 Å². The van der Waals surface area contributed by atoms with Crippen LogP contribution < -0.4 is 0 Å². The van der Waals surface area contributed by atoms with Crippen LogP contribution >= 0.6 is 0 Å². The third-order valence-corrected chi connectivity index (χ3v) is 2.92. The van der Waals surface area contributed by atoms with Crippen molar-refractivity contribution < 1.29 is 84.7 Å².